The standard InChI is InChI=1S/C10H9NS/c1-8-7-11-10(12-8)9-5-3-2-4-6-9/h2-7H,1H3. The van der Waals surface area contributed by atoms with Gasteiger partial charge in [-0.1, -0.05) is 30.3 Å². The summed E-state index contributed by atoms with van der Waals surface area (Å²) >= 11 is 1.73. The van der Waals surface area contributed by atoms with Gasteiger partial charge in [0, 0.05) is 16.6 Å². The lowest BCUT2D eigenvalue weighted by Gasteiger charge is -1.92. The predicted molar refractivity (Wildman–Crippen MR) is 52.3 cm³/mol. The first-order chi connectivity index (χ1) is 5.86. The second kappa shape index (κ2) is 3.07. The van der Waals surface area contributed by atoms with Gasteiger partial charge in [0.15, 0.2) is 0 Å². The highest BCUT2D eigenvalue weighted by molar-refractivity contribution is 7.14. The maximum atomic E-state index is 4.30. The van der Waals surface area contributed by atoms with Crippen molar-refractivity contribution >= 4 is 11.3 Å². The zero-order chi connectivity index (χ0) is 8.39. The van der Waals surface area contributed by atoms with E-state index in [1.54, 1.807) is 11.3 Å². The fourth-order valence-corrected chi connectivity index (χ4v) is 1.84. The molecule has 1 aromatic heterocycles. The molecule has 0 saturated heterocycles. The van der Waals surface area contributed by atoms with Crippen LogP contribution in [0.4, 0.5) is 0 Å². The van der Waals surface area contributed by atoms with E-state index in [-0.39, 0.29) is 0 Å². The second-order valence-corrected chi connectivity index (χ2v) is 3.88. The molecule has 0 amide bonds. The Bertz CT molecular complexity index is 364. The summed E-state index contributed by atoms with van der Waals surface area (Å²) in [4.78, 5) is 5.56. The lowest BCUT2D eigenvalue weighted by Crippen LogP contribution is -1.71. The molecule has 0 spiro atoms. The van der Waals surface area contributed by atoms with Crippen LogP contribution in [0.15, 0.2) is 36.5 Å². The first kappa shape index (κ1) is 7.50. The number of aromatic nitrogens is 1. The van der Waals surface area contributed by atoms with Gasteiger partial charge in [0.2, 0.25) is 0 Å². The van der Waals surface area contributed by atoms with Gasteiger partial charge in [-0.3, -0.25) is 0 Å². The van der Waals surface area contributed by atoms with Crippen LogP contribution >= 0.6 is 11.3 Å². The average molecular weight is 175 g/mol. The van der Waals surface area contributed by atoms with Gasteiger partial charge in [-0.05, 0) is 6.92 Å². The SMILES string of the molecule is Cc1cnc(-c2ccccc2)s1. The largest absolute Gasteiger partial charge is 0.244 e. The quantitative estimate of drug-likeness (QED) is 0.649. The van der Waals surface area contributed by atoms with Gasteiger partial charge in [0.05, 0.1) is 0 Å². The highest BCUT2D eigenvalue weighted by Crippen LogP contribution is 2.23. The molecule has 0 atom stereocenters. The molecule has 0 radical (unpaired) electrons. The van der Waals surface area contributed by atoms with Crippen molar-refractivity contribution in [2.75, 3.05) is 0 Å². The molecule has 0 aliphatic rings. The highest BCUT2D eigenvalue weighted by Gasteiger charge is 1.99. The molecule has 0 fully saturated rings. The van der Waals surface area contributed by atoms with Crippen molar-refractivity contribution in [2.45, 2.75) is 6.92 Å². The van der Waals surface area contributed by atoms with Gasteiger partial charge in [0.1, 0.15) is 5.01 Å². The van der Waals surface area contributed by atoms with E-state index in [0.717, 1.165) is 5.01 Å². The maximum Gasteiger partial charge on any atom is 0.123 e. The monoisotopic (exact) mass is 175 g/mol. The first-order valence-electron chi connectivity index (χ1n) is 3.84. The van der Waals surface area contributed by atoms with Gasteiger partial charge >= 0.3 is 0 Å². The average Bonchev–Trinajstić information content (AvgIpc) is 2.54. The molecule has 0 aliphatic heterocycles. The van der Waals surface area contributed by atoms with E-state index in [1.807, 2.05) is 24.4 Å². The predicted octanol–water partition coefficient (Wildman–Crippen LogP) is 3.12. The molecule has 2 heteroatoms. The Morgan fingerprint density at radius 1 is 1.17 bits per heavy atom. The van der Waals surface area contributed by atoms with Crippen molar-refractivity contribution in [3.63, 3.8) is 0 Å². The molecular weight excluding hydrogens is 166 g/mol. The highest BCUT2D eigenvalue weighted by atomic mass is 32.1. The molecule has 0 N–H and O–H groups in total. The van der Waals surface area contributed by atoms with E-state index >= 15 is 0 Å². The zero-order valence-corrected chi connectivity index (χ0v) is 7.64. The van der Waals surface area contributed by atoms with Crippen molar-refractivity contribution in [3.05, 3.63) is 41.4 Å². The van der Waals surface area contributed by atoms with Crippen LogP contribution in [0, 0.1) is 6.92 Å². The van der Waals surface area contributed by atoms with E-state index in [1.165, 1.54) is 10.4 Å². The number of thiazole rings is 1. The fraction of sp³-hybridized carbons (Fsp3) is 0.100. The summed E-state index contributed by atoms with van der Waals surface area (Å²) < 4.78 is 0. The minimum absolute atomic E-state index is 1.10. The number of rotatable bonds is 1. The molecule has 60 valence electrons. The Kier molecular flexibility index (Phi) is 1.92. The van der Waals surface area contributed by atoms with Crippen LogP contribution in [0.5, 0.6) is 0 Å². The van der Waals surface area contributed by atoms with Crippen LogP contribution in [0.1, 0.15) is 4.88 Å². The molecule has 0 aliphatic carbocycles. The minimum atomic E-state index is 1.10. The van der Waals surface area contributed by atoms with Crippen LogP contribution in [0.3, 0.4) is 0 Å². The molecule has 12 heavy (non-hydrogen) atoms. The number of nitrogens with zero attached hydrogens (tertiary/aromatic N) is 1. The first-order valence-corrected chi connectivity index (χ1v) is 4.66. The van der Waals surface area contributed by atoms with Gasteiger partial charge in [-0.25, -0.2) is 4.98 Å². The molecule has 1 nitrogen and oxygen atoms in total. The Morgan fingerprint density at radius 2 is 1.92 bits per heavy atom. The summed E-state index contributed by atoms with van der Waals surface area (Å²) in [5, 5.41) is 1.10. The summed E-state index contributed by atoms with van der Waals surface area (Å²) in [6, 6.07) is 10.2. The van der Waals surface area contributed by atoms with Crippen LogP contribution < -0.4 is 0 Å². The van der Waals surface area contributed by atoms with Crippen LogP contribution in [-0.4, -0.2) is 4.98 Å². The topological polar surface area (TPSA) is 12.9 Å². The lowest BCUT2D eigenvalue weighted by atomic mass is 10.2. The Hall–Kier alpha value is -1.15. The Balaban J connectivity index is 2.45. The molecular formula is C10H9NS. The van der Waals surface area contributed by atoms with Crippen molar-refractivity contribution in [1.29, 1.82) is 0 Å². The molecule has 1 aromatic carbocycles. The van der Waals surface area contributed by atoms with Gasteiger partial charge < -0.3 is 0 Å². The van der Waals surface area contributed by atoms with E-state index in [0.29, 0.717) is 0 Å². The number of hydrogen-bond acceptors (Lipinski definition) is 2. The van der Waals surface area contributed by atoms with Crippen LogP contribution in [0.25, 0.3) is 10.6 Å². The molecule has 2 aromatic rings. The normalized spacial score (nSPS) is 10.1. The number of benzene rings is 1. The van der Waals surface area contributed by atoms with Crippen LogP contribution in [0.2, 0.25) is 0 Å². The lowest BCUT2D eigenvalue weighted by molar-refractivity contribution is 1.38. The fourth-order valence-electron chi connectivity index (χ4n) is 1.07. The third kappa shape index (κ3) is 1.38. The summed E-state index contributed by atoms with van der Waals surface area (Å²) in [6.07, 6.45) is 1.91. The van der Waals surface area contributed by atoms with Gasteiger partial charge in [-0.2, -0.15) is 0 Å². The Morgan fingerprint density at radius 3 is 2.50 bits per heavy atom. The number of hydrogen-bond donors (Lipinski definition) is 0. The smallest absolute Gasteiger partial charge is 0.123 e. The van der Waals surface area contributed by atoms with Gasteiger partial charge in [-0.15, -0.1) is 11.3 Å². The van der Waals surface area contributed by atoms with Crippen molar-refractivity contribution < 1.29 is 0 Å². The maximum absolute atomic E-state index is 4.30. The van der Waals surface area contributed by atoms with Crippen molar-refractivity contribution in [1.82, 2.24) is 4.98 Å². The van der Waals surface area contributed by atoms with Gasteiger partial charge in [0.25, 0.3) is 0 Å². The summed E-state index contributed by atoms with van der Waals surface area (Å²) in [5.41, 5.74) is 1.20. The molecule has 0 unspecified atom stereocenters. The summed E-state index contributed by atoms with van der Waals surface area (Å²) in [5.74, 6) is 0. The van der Waals surface area contributed by atoms with Crippen molar-refractivity contribution in [3.8, 4) is 10.6 Å². The summed E-state index contributed by atoms with van der Waals surface area (Å²) in [6.45, 7) is 2.07. The van der Waals surface area contributed by atoms with Crippen molar-refractivity contribution in [2.24, 2.45) is 0 Å². The van der Waals surface area contributed by atoms with E-state index in [9.17, 15) is 0 Å². The third-order valence-electron chi connectivity index (χ3n) is 1.64. The molecule has 2 rings (SSSR count). The second-order valence-electron chi connectivity index (χ2n) is 2.64. The van der Waals surface area contributed by atoms with E-state index in [2.05, 4.69) is 24.0 Å². The molecule has 0 bridgehead atoms. The molecule has 0 saturated carbocycles. The molecule has 1 heterocycles. The third-order valence-corrected chi connectivity index (χ3v) is 2.60. The Labute approximate surface area is 75.7 Å². The zero-order valence-electron chi connectivity index (χ0n) is 6.82. The van der Waals surface area contributed by atoms with E-state index in [4.69, 9.17) is 0 Å². The van der Waals surface area contributed by atoms with E-state index < -0.39 is 0 Å². The summed E-state index contributed by atoms with van der Waals surface area (Å²) in [7, 11) is 0. The van der Waals surface area contributed by atoms with Crippen LogP contribution in [-0.2, 0) is 0 Å². The number of aryl methyl sites for hydroxylation is 1. The minimum Gasteiger partial charge on any atom is -0.244 e.